The molecular formula is C10H10OS. The summed E-state index contributed by atoms with van der Waals surface area (Å²) in [7, 11) is 0. The van der Waals surface area contributed by atoms with Crippen LogP contribution >= 0.6 is 12.6 Å². The molecule has 62 valence electrons. The summed E-state index contributed by atoms with van der Waals surface area (Å²) in [5, 5.41) is 1.17. The van der Waals surface area contributed by atoms with Crippen LogP contribution in [-0.4, -0.2) is 0 Å². The largest absolute Gasteiger partial charge is 0.460 e. The van der Waals surface area contributed by atoms with E-state index >= 15 is 0 Å². The predicted molar refractivity (Wildman–Crippen MR) is 53.6 cm³/mol. The molecule has 1 aromatic heterocycles. The molecule has 2 aromatic rings. The zero-order valence-electron chi connectivity index (χ0n) is 6.87. The Bertz CT molecular complexity index is 403. The van der Waals surface area contributed by atoms with Gasteiger partial charge in [0.15, 0.2) is 0 Å². The summed E-state index contributed by atoms with van der Waals surface area (Å²) in [6.07, 6.45) is 0. The van der Waals surface area contributed by atoms with Gasteiger partial charge in [0.05, 0.1) is 0 Å². The Hall–Kier alpha value is -0.890. The minimum absolute atomic E-state index is 0.661. The molecule has 0 aliphatic heterocycles. The van der Waals surface area contributed by atoms with Gasteiger partial charge in [-0.15, -0.1) is 0 Å². The summed E-state index contributed by atoms with van der Waals surface area (Å²) in [5.74, 6) is 1.59. The molecule has 0 atom stereocenters. The lowest BCUT2D eigenvalue weighted by Crippen LogP contribution is -1.69. The van der Waals surface area contributed by atoms with Gasteiger partial charge in [0, 0.05) is 11.1 Å². The number of hydrogen-bond donors (Lipinski definition) is 1. The van der Waals surface area contributed by atoms with E-state index in [1.807, 2.05) is 25.1 Å². The van der Waals surface area contributed by atoms with Crippen molar-refractivity contribution < 1.29 is 4.42 Å². The molecule has 1 heterocycles. The Morgan fingerprint density at radius 2 is 2.25 bits per heavy atom. The Kier molecular flexibility index (Phi) is 1.85. The number of furan rings is 1. The summed E-state index contributed by atoms with van der Waals surface area (Å²) in [5.41, 5.74) is 2.17. The van der Waals surface area contributed by atoms with Gasteiger partial charge in [-0.05, 0) is 18.6 Å². The molecule has 0 unspecified atom stereocenters. The smallest absolute Gasteiger partial charge is 0.137 e. The number of aryl methyl sites for hydroxylation is 1. The molecule has 0 aliphatic rings. The van der Waals surface area contributed by atoms with Crippen LogP contribution in [0.2, 0.25) is 0 Å². The van der Waals surface area contributed by atoms with E-state index in [1.165, 1.54) is 10.9 Å². The molecule has 2 heteroatoms. The Morgan fingerprint density at radius 3 is 2.92 bits per heavy atom. The topological polar surface area (TPSA) is 13.1 Å². The third-order valence-electron chi connectivity index (χ3n) is 1.95. The van der Waals surface area contributed by atoms with E-state index in [9.17, 15) is 0 Å². The Labute approximate surface area is 76.8 Å². The summed E-state index contributed by atoms with van der Waals surface area (Å²) >= 11 is 4.16. The summed E-state index contributed by atoms with van der Waals surface area (Å²) in [6.45, 7) is 2.05. The SMILES string of the molecule is Cc1cccc2cc(CS)oc12. The van der Waals surface area contributed by atoms with Crippen molar-refractivity contribution in [1.29, 1.82) is 0 Å². The molecule has 0 N–H and O–H groups in total. The highest BCUT2D eigenvalue weighted by Gasteiger charge is 2.02. The van der Waals surface area contributed by atoms with Crippen molar-refractivity contribution in [1.82, 2.24) is 0 Å². The van der Waals surface area contributed by atoms with E-state index in [-0.39, 0.29) is 0 Å². The summed E-state index contributed by atoms with van der Waals surface area (Å²) < 4.78 is 5.57. The molecule has 1 nitrogen and oxygen atoms in total. The van der Waals surface area contributed by atoms with Crippen LogP contribution in [0.3, 0.4) is 0 Å². The predicted octanol–water partition coefficient (Wildman–Crippen LogP) is 3.17. The van der Waals surface area contributed by atoms with Gasteiger partial charge >= 0.3 is 0 Å². The third-order valence-corrected chi connectivity index (χ3v) is 2.26. The maximum atomic E-state index is 5.57. The fourth-order valence-corrected chi connectivity index (χ4v) is 1.50. The highest BCUT2D eigenvalue weighted by molar-refractivity contribution is 7.79. The first-order valence-corrected chi connectivity index (χ1v) is 4.53. The van der Waals surface area contributed by atoms with E-state index in [2.05, 4.69) is 18.7 Å². The standard InChI is InChI=1S/C10H10OS/c1-7-3-2-4-8-5-9(6-12)11-10(7)8/h2-5,12H,6H2,1H3. The minimum atomic E-state index is 0.661. The molecule has 12 heavy (non-hydrogen) atoms. The van der Waals surface area contributed by atoms with Crippen LogP contribution < -0.4 is 0 Å². The molecule has 1 aromatic carbocycles. The second-order valence-corrected chi connectivity index (χ2v) is 3.18. The quantitative estimate of drug-likeness (QED) is 0.662. The van der Waals surface area contributed by atoms with Crippen molar-refractivity contribution in [3.05, 3.63) is 35.6 Å². The van der Waals surface area contributed by atoms with Crippen LogP contribution in [0.25, 0.3) is 11.0 Å². The van der Waals surface area contributed by atoms with Gasteiger partial charge in [-0.1, -0.05) is 18.2 Å². The average Bonchev–Trinajstić information content (AvgIpc) is 2.49. The maximum Gasteiger partial charge on any atom is 0.137 e. The molecule has 0 fully saturated rings. The highest BCUT2D eigenvalue weighted by atomic mass is 32.1. The van der Waals surface area contributed by atoms with Gasteiger partial charge in [-0.25, -0.2) is 0 Å². The lowest BCUT2D eigenvalue weighted by Gasteiger charge is -1.91. The first-order chi connectivity index (χ1) is 5.81. The molecule has 0 saturated carbocycles. The number of benzene rings is 1. The van der Waals surface area contributed by atoms with Crippen LogP contribution in [-0.2, 0) is 5.75 Å². The average molecular weight is 178 g/mol. The number of para-hydroxylation sites is 1. The Morgan fingerprint density at radius 1 is 1.42 bits per heavy atom. The molecule has 2 rings (SSSR count). The number of hydrogen-bond acceptors (Lipinski definition) is 2. The van der Waals surface area contributed by atoms with Gasteiger partial charge in [0.25, 0.3) is 0 Å². The van der Waals surface area contributed by atoms with Crippen LogP contribution in [0.5, 0.6) is 0 Å². The van der Waals surface area contributed by atoms with Crippen molar-refractivity contribution >= 4 is 23.6 Å². The molecule has 0 bridgehead atoms. The molecule has 0 amide bonds. The Balaban J connectivity index is 2.74. The van der Waals surface area contributed by atoms with E-state index < -0.39 is 0 Å². The first-order valence-electron chi connectivity index (χ1n) is 3.90. The van der Waals surface area contributed by atoms with E-state index in [0.717, 1.165) is 11.3 Å². The number of fused-ring (bicyclic) bond motifs is 1. The van der Waals surface area contributed by atoms with Crippen molar-refractivity contribution in [3.63, 3.8) is 0 Å². The summed E-state index contributed by atoms with van der Waals surface area (Å²) in [6, 6.07) is 8.18. The van der Waals surface area contributed by atoms with Crippen LogP contribution in [0.15, 0.2) is 28.7 Å². The van der Waals surface area contributed by atoms with Crippen LogP contribution in [0.1, 0.15) is 11.3 Å². The number of thiol groups is 1. The van der Waals surface area contributed by atoms with Crippen LogP contribution in [0.4, 0.5) is 0 Å². The van der Waals surface area contributed by atoms with Gasteiger partial charge in [0.1, 0.15) is 11.3 Å². The monoisotopic (exact) mass is 178 g/mol. The van der Waals surface area contributed by atoms with E-state index in [1.54, 1.807) is 0 Å². The van der Waals surface area contributed by atoms with Crippen molar-refractivity contribution in [2.75, 3.05) is 0 Å². The van der Waals surface area contributed by atoms with Gasteiger partial charge in [-0.3, -0.25) is 0 Å². The van der Waals surface area contributed by atoms with Crippen LogP contribution in [0, 0.1) is 6.92 Å². The first kappa shape index (κ1) is 7.74. The molecule has 0 radical (unpaired) electrons. The third kappa shape index (κ3) is 1.12. The molecule has 0 spiro atoms. The maximum absolute atomic E-state index is 5.57. The summed E-state index contributed by atoms with van der Waals surface area (Å²) in [4.78, 5) is 0. The molecule has 0 aliphatic carbocycles. The minimum Gasteiger partial charge on any atom is -0.460 e. The van der Waals surface area contributed by atoms with Crippen molar-refractivity contribution in [3.8, 4) is 0 Å². The zero-order valence-corrected chi connectivity index (χ0v) is 7.77. The van der Waals surface area contributed by atoms with Gasteiger partial charge < -0.3 is 4.42 Å². The zero-order chi connectivity index (χ0) is 8.55. The lowest BCUT2D eigenvalue weighted by molar-refractivity contribution is 0.572. The molecule has 0 saturated heterocycles. The number of rotatable bonds is 1. The normalized spacial score (nSPS) is 10.8. The second-order valence-electron chi connectivity index (χ2n) is 2.86. The molecular weight excluding hydrogens is 168 g/mol. The van der Waals surface area contributed by atoms with Gasteiger partial charge in [0.2, 0.25) is 0 Å². The fourth-order valence-electron chi connectivity index (χ4n) is 1.34. The van der Waals surface area contributed by atoms with Crippen molar-refractivity contribution in [2.24, 2.45) is 0 Å². The lowest BCUT2D eigenvalue weighted by atomic mass is 10.2. The van der Waals surface area contributed by atoms with E-state index in [4.69, 9.17) is 4.42 Å². The highest BCUT2D eigenvalue weighted by Crippen LogP contribution is 2.23. The fraction of sp³-hybridized carbons (Fsp3) is 0.200. The van der Waals surface area contributed by atoms with Gasteiger partial charge in [-0.2, -0.15) is 12.6 Å². The second kappa shape index (κ2) is 2.87. The van der Waals surface area contributed by atoms with E-state index in [0.29, 0.717) is 5.75 Å². The van der Waals surface area contributed by atoms with Crippen molar-refractivity contribution in [2.45, 2.75) is 12.7 Å².